The number of benzene rings is 2. The van der Waals surface area contributed by atoms with E-state index in [-0.39, 0.29) is 0 Å². The molecule has 130 valence electrons. The molecule has 0 aliphatic heterocycles. The van der Waals surface area contributed by atoms with Crippen molar-refractivity contribution in [3.05, 3.63) is 69.8 Å². The van der Waals surface area contributed by atoms with E-state index in [1.165, 1.54) is 21.6 Å². The molecule has 0 saturated carbocycles. The molecule has 0 spiro atoms. The average molecular weight is 424 g/mol. The number of anilines is 2. The number of fused-ring (bicyclic) bond motifs is 1. The van der Waals surface area contributed by atoms with Crippen LogP contribution in [-0.4, -0.2) is 9.97 Å². The number of hydrogen-bond donors (Lipinski definition) is 1. The van der Waals surface area contributed by atoms with Crippen LogP contribution >= 0.6 is 27.3 Å². The third-order valence-corrected chi connectivity index (χ3v) is 6.18. The van der Waals surface area contributed by atoms with E-state index in [1.807, 2.05) is 12.1 Å². The first-order valence-electron chi connectivity index (χ1n) is 8.52. The summed E-state index contributed by atoms with van der Waals surface area (Å²) in [4.78, 5) is 11.5. The van der Waals surface area contributed by atoms with Crippen molar-refractivity contribution in [1.82, 2.24) is 9.97 Å². The van der Waals surface area contributed by atoms with Gasteiger partial charge >= 0.3 is 0 Å². The van der Waals surface area contributed by atoms with Gasteiger partial charge in [0.25, 0.3) is 0 Å². The van der Waals surface area contributed by atoms with Crippen molar-refractivity contribution in [1.29, 1.82) is 0 Å². The molecule has 0 aliphatic rings. The third kappa shape index (κ3) is 3.13. The lowest BCUT2D eigenvalue weighted by Crippen LogP contribution is -1.97. The van der Waals surface area contributed by atoms with Crippen molar-refractivity contribution >= 4 is 49.0 Å². The number of nitrogens with one attached hydrogen (secondary N) is 1. The van der Waals surface area contributed by atoms with E-state index in [0.717, 1.165) is 32.6 Å². The van der Waals surface area contributed by atoms with E-state index in [9.17, 15) is 0 Å². The van der Waals surface area contributed by atoms with E-state index in [0.29, 0.717) is 0 Å². The second kappa shape index (κ2) is 7.17. The summed E-state index contributed by atoms with van der Waals surface area (Å²) in [5, 5.41) is 4.62. The van der Waals surface area contributed by atoms with Gasteiger partial charge in [0.05, 0.1) is 5.39 Å². The number of aryl methyl sites for hydroxylation is 2. The summed E-state index contributed by atoms with van der Waals surface area (Å²) in [5.41, 5.74) is 4.68. The van der Waals surface area contributed by atoms with Gasteiger partial charge in [-0.15, -0.1) is 11.3 Å². The van der Waals surface area contributed by atoms with Crippen molar-refractivity contribution in [2.75, 3.05) is 5.32 Å². The first kappa shape index (κ1) is 17.2. The van der Waals surface area contributed by atoms with Gasteiger partial charge in [-0.25, -0.2) is 9.97 Å². The summed E-state index contributed by atoms with van der Waals surface area (Å²) in [5.74, 6) is 0.859. The Hall–Kier alpha value is -2.24. The number of para-hydroxylation sites is 1. The Labute approximate surface area is 165 Å². The van der Waals surface area contributed by atoms with Gasteiger partial charge in [0.1, 0.15) is 17.0 Å². The Morgan fingerprint density at radius 1 is 1.04 bits per heavy atom. The average Bonchev–Trinajstić information content (AvgIpc) is 3.04. The van der Waals surface area contributed by atoms with Gasteiger partial charge < -0.3 is 5.32 Å². The summed E-state index contributed by atoms with van der Waals surface area (Å²) >= 11 is 5.28. The standard InChI is InChI=1S/C21H18BrN3S/c1-3-17-18(14-8-10-15(22)11-9-14)19-20(23-12-24-21(19)26-17)25-16-7-5-4-6-13(16)2/h4-12H,3H2,1-2H3,(H,23,24,25). The molecule has 4 aromatic rings. The highest BCUT2D eigenvalue weighted by Crippen LogP contribution is 2.42. The summed E-state index contributed by atoms with van der Waals surface area (Å²) in [6, 6.07) is 16.7. The van der Waals surface area contributed by atoms with Crippen molar-refractivity contribution in [3.63, 3.8) is 0 Å². The Morgan fingerprint density at radius 2 is 1.81 bits per heavy atom. The van der Waals surface area contributed by atoms with Gasteiger partial charge in [-0.3, -0.25) is 0 Å². The molecule has 2 aromatic heterocycles. The zero-order chi connectivity index (χ0) is 18.1. The minimum absolute atomic E-state index is 0.859. The molecular formula is C21H18BrN3S. The van der Waals surface area contributed by atoms with Crippen LogP contribution in [0.3, 0.4) is 0 Å². The maximum atomic E-state index is 4.57. The van der Waals surface area contributed by atoms with Crippen LogP contribution in [-0.2, 0) is 6.42 Å². The summed E-state index contributed by atoms with van der Waals surface area (Å²) in [7, 11) is 0. The molecule has 0 atom stereocenters. The topological polar surface area (TPSA) is 37.8 Å². The Morgan fingerprint density at radius 3 is 2.54 bits per heavy atom. The van der Waals surface area contributed by atoms with E-state index in [2.05, 4.69) is 81.5 Å². The van der Waals surface area contributed by atoms with Crippen LogP contribution in [0.2, 0.25) is 0 Å². The minimum Gasteiger partial charge on any atom is -0.339 e. The lowest BCUT2D eigenvalue weighted by Gasteiger charge is -2.11. The molecule has 4 rings (SSSR count). The van der Waals surface area contributed by atoms with Crippen molar-refractivity contribution in [2.45, 2.75) is 20.3 Å². The Bertz CT molecular complexity index is 1070. The van der Waals surface area contributed by atoms with Gasteiger partial charge in [-0.05, 0) is 42.7 Å². The quantitative estimate of drug-likeness (QED) is 0.395. The van der Waals surface area contributed by atoms with Gasteiger partial charge in [0.15, 0.2) is 0 Å². The summed E-state index contributed by atoms with van der Waals surface area (Å²) in [6.45, 7) is 4.29. The normalized spacial score (nSPS) is 11.0. The molecule has 0 saturated heterocycles. The minimum atomic E-state index is 0.859. The van der Waals surface area contributed by atoms with Crippen LogP contribution in [0.15, 0.2) is 59.3 Å². The molecule has 0 radical (unpaired) electrons. The van der Waals surface area contributed by atoms with Gasteiger partial charge in [-0.1, -0.05) is 53.2 Å². The third-order valence-electron chi connectivity index (χ3n) is 4.41. The number of nitrogens with zero attached hydrogens (tertiary/aromatic N) is 2. The van der Waals surface area contributed by atoms with Crippen LogP contribution in [0, 0.1) is 6.92 Å². The zero-order valence-electron chi connectivity index (χ0n) is 14.6. The van der Waals surface area contributed by atoms with E-state index in [4.69, 9.17) is 0 Å². The molecule has 5 heteroatoms. The molecule has 3 nitrogen and oxygen atoms in total. The van der Waals surface area contributed by atoms with Crippen LogP contribution in [0.25, 0.3) is 21.3 Å². The van der Waals surface area contributed by atoms with Gasteiger partial charge in [0.2, 0.25) is 0 Å². The van der Waals surface area contributed by atoms with E-state index < -0.39 is 0 Å². The highest BCUT2D eigenvalue weighted by atomic mass is 79.9. The predicted octanol–water partition coefficient (Wildman–Crippen LogP) is 6.74. The second-order valence-corrected chi connectivity index (χ2v) is 8.10. The highest BCUT2D eigenvalue weighted by molar-refractivity contribution is 9.10. The lowest BCUT2D eigenvalue weighted by atomic mass is 10.0. The first-order valence-corrected chi connectivity index (χ1v) is 10.1. The van der Waals surface area contributed by atoms with Crippen LogP contribution in [0.1, 0.15) is 17.4 Å². The molecule has 0 aliphatic carbocycles. The predicted molar refractivity (Wildman–Crippen MR) is 114 cm³/mol. The van der Waals surface area contributed by atoms with Crippen molar-refractivity contribution < 1.29 is 0 Å². The fourth-order valence-electron chi connectivity index (χ4n) is 3.09. The number of hydrogen-bond acceptors (Lipinski definition) is 4. The van der Waals surface area contributed by atoms with E-state index in [1.54, 1.807) is 17.7 Å². The molecule has 2 aromatic carbocycles. The second-order valence-electron chi connectivity index (χ2n) is 6.10. The molecule has 2 heterocycles. The molecule has 26 heavy (non-hydrogen) atoms. The molecule has 0 fully saturated rings. The number of thiophene rings is 1. The molecule has 0 amide bonds. The summed E-state index contributed by atoms with van der Waals surface area (Å²) in [6.07, 6.45) is 2.61. The zero-order valence-corrected chi connectivity index (χ0v) is 17.0. The molecule has 1 N–H and O–H groups in total. The first-order chi connectivity index (χ1) is 12.7. The number of halogens is 1. The largest absolute Gasteiger partial charge is 0.339 e. The fourth-order valence-corrected chi connectivity index (χ4v) is 4.45. The maximum absolute atomic E-state index is 4.57. The fraction of sp³-hybridized carbons (Fsp3) is 0.143. The number of rotatable bonds is 4. The molecule has 0 unspecified atom stereocenters. The molecule has 0 bridgehead atoms. The Balaban J connectivity index is 1.93. The van der Waals surface area contributed by atoms with Crippen molar-refractivity contribution in [2.24, 2.45) is 0 Å². The van der Waals surface area contributed by atoms with Crippen LogP contribution < -0.4 is 5.32 Å². The SMILES string of the molecule is CCc1sc2ncnc(Nc3ccccc3C)c2c1-c1ccc(Br)cc1. The van der Waals surface area contributed by atoms with E-state index >= 15 is 0 Å². The monoisotopic (exact) mass is 423 g/mol. The molecular weight excluding hydrogens is 406 g/mol. The van der Waals surface area contributed by atoms with Gasteiger partial charge in [-0.2, -0.15) is 0 Å². The van der Waals surface area contributed by atoms with Gasteiger partial charge in [0, 0.05) is 20.6 Å². The Kier molecular flexibility index (Phi) is 4.74. The smallest absolute Gasteiger partial charge is 0.143 e. The van der Waals surface area contributed by atoms with Crippen LogP contribution in [0.4, 0.5) is 11.5 Å². The maximum Gasteiger partial charge on any atom is 0.143 e. The summed E-state index contributed by atoms with van der Waals surface area (Å²) < 4.78 is 1.08. The highest BCUT2D eigenvalue weighted by Gasteiger charge is 2.18. The number of aromatic nitrogens is 2. The van der Waals surface area contributed by atoms with Crippen LogP contribution in [0.5, 0.6) is 0 Å². The lowest BCUT2D eigenvalue weighted by molar-refractivity contribution is 1.19. The van der Waals surface area contributed by atoms with Crippen molar-refractivity contribution in [3.8, 4) is 11.1 Å².